The molecule has 0 radical (unpaired) electrons. The molecule has 1 rings (SSSR count). The topological polar surface area (TPSA) is 70.2 Å². The SMILES string of the molecule is CCCNC(=O)Nc1ccc(C)c(NC(C)=O)c1. The maximum atomic E-state index is 11.5. The first-order valence-corrected chi connectivity index (χ1v) is 5.96. The summed E-state index contributed by atoms with van der Waals surface area (Å²) in [6, 6.07) is 5.14. The van der Waals surface area contributed by atoms with Gasteiger partial charge in [-0.1, -0.05) is 13.0 Å². The molecule has 18 heavy (non-hydrogen) atoms. The van der Waals surface area contributed by atoms with Crippen molar-refractivity contribution >= 4 is 23.3 Å². The highest BCUT2D eigenvalue weighted by molar-refractivity contribution is 5.93. The van der Waals surface area contributed by atoms with E-state index in [9.17, 15) is 9.59 Å². The second-order valence-corrected chi connectivity index (χ2v) is 4.09. The highest BCUT2D eigenvalue weighted by Gasteiger charge is 2.04. The first-order chi connectivity index (χ1) is 8.52. The molecule has 0 aliphatic heterocycles. The number of anilines is 2. The van der Waals surface area contributed by atoms with Crippen LogP contribution >= 0.6 is 0 Å². The molecule has 5 heteroatoms. The molecule has 0 unspecified atom stereocenters. The van der Waals surface area contributed by atoms with E-state index < -0.39 is 0 Å². The lowest BCUT2D eigenvalue weighted by molar-refractivity contribution is -0.114. The quantitative estimate of drug-likeness (QED) is 0.767. The van der Waals surface area contributed by atoms with Gasteiger partial charge in [0.25, 0.3) is 0 Å². The van der Waals surface area contributed by atoms with Gasteiger partial charge in [0.1, 0.15) is 0 Å². The average Bonchev–Trinajstić information content (AvgIpc) is 2.30. The summed E-state index contributed by atoms with van der Waals surface area (Å²) in [7, 11) is 0. The van der Waals surface area contributed by atoms with Crippen LogP contribution in [0.2, 0.25) is 0 Å². The summed E-state index contributed by atoms with van der Waals surface area (Å²) >= 11 is 0. The summed E-state index contributed by atoms with van der Waals surface area (Å²) < 4.78 is 0. The van der Waals surface area contributed by atoms with Crippen molar-refractivity contribution in [2.45, 2.75) is 27.2 Å². The van der Waals surface area contributed by atoms with Crippen molar-refractivity contribution in [2.24, 2.45) is 0 Å². The standard InChI is InChI=1S/C13H19N3O2/c1-4-7-14-13(18)16-11-6-5-9(2)12(8-11)15-10(3)17/h5-6,8H,4,7H2,1-3H3,(H,15,17)(H2,14,16,18). The van der Waals surface area contributed by atoms with Gasteiger partial charge in [-0.05, 0) is 31.0 Å². The molecular formula is C13H19N3O2. The van der Waals surface area contributed by atoms with Crippen LogP contribution in [0.4, 0.5) is 16.2 Å². The maximum absolute atomic E-state index is 11.5. The lowest BCUT2D eigenvalue weighted by Crippen LogP contribution is -2.29. The third-order valence-corrected chi connectivity index (χ3v) is 2.34. The minimum atomic E-state index is -0.241. The smallest absolute Gasteiger partial charge is 0.319 e. The molecule has 0 fully saturated rings. The van der Waals surface area contributed by atoms with Gasteiger partial charge in [0.05, 0.1) is 0 Å². The van der Waals surface area contributed by atoms with Crippen LogP contribution in [0.5, 0.6) is 0 Å². The van der Waals surface area contributed by atoms with Gasteiger partial charge in [0.15, 0.2) is 0 Å². The Kier molecular flexibility index (Phi) is 5.17. The van der Waals surface area contributed by atoms with Crippen LogP contribution in [0, 0.1) is 6.92 Å². The van der Waals surface area contributed by atoms with E-state index in [-0.39, 0.29) is 11.9 Å². The summed E-state index contributed by atoms with van der Waals surface area (Å²) in [6.45, 7) is 5.97. The third-order valence-electron chi connectivity index (χ3n) is 2.34. The average molecular weight is 249 g/mol. The number of rotatable bonds is 4. The molecule has 3 N–H and O–H groups in total. The number of carbonyl (C=O) groups is 2. The van der Waals surface area contributed by atoms with E-state index in [0.717, 1.165) is 12.0 Å². The molecule has 1 aromatic carbocycles. The Hall–Kier alpha value is -2.04. The lowest BCUT2D eigenvalue weighted by atomic mass is 10.2. The first kappa shape index (κ1) is 14.0. The molecule has 98 valence electrons. The molecule has 0 saturated heterocycles. The van der Waals surface area contributed by atoms with Crippen LogP contribution in [0.15, 0.2) is 18.2 Å². The van der Waals surface area contributed by atoms with Crippen LogP contribution in [0.1, 0.15) is 25.8 Å². The van der Waals surface area contributed by atoms with E-state index in [2.05, 4.69) is 16.0 Å². The van der Waals surface area contributed by atoms with E-state index in [4.69, 9.17) is 0 Å². The summed E-state index contributed by atoms with van der Waals surface area (Å²) in [5.74, 6) is -0.134. The Bertz CT molecular complexity index is 444. The highest BCUT2D eigenvalue weighted by atomic mass is 16.2. The number of nitrogens with one attached hydrogen (secondary N) is 3. The maximum Gasteiger partial charge on any atom is 0.319 e. The van der Waals surface area contributed by atoms with E-state index >= 15 is 0 Å². The fourth-order valence-corrected chi connectivity index (χ4v) is 1.44. The molecule has 0 aliphatic carbocycles. The van der Waals surface area contributed by atoms with Crippen LogP contribution in [0.25, 0.3) is 0 Å². The summed E-state index contributed by atoms with van der Waals surface area (Å²) in [5.41, 5.74) is 2.30. The van der Waals surface area contributed by atoms with Crippen molar-refractivity contribution in [3.8, 4) is 0 Å². The number of benzene rings is 1. The number of hydrogen-bond acceptors (Lipinski definition) is 2. The zero-order chi connectivity index (χ0) is 13.5. The predicted molar refractivity (Wildman–Crippen MR) is 72.8 cm³/mol. The zero-order valence-electron chi connectivity index (χ0n) is 11.0. The fraction of sp³-hybridized carbons (Fsp3) is 0.385. The fourth-order valence-electron chi connectivity index (χ4n) is 1.44. The van der Waals surface area contributed by atoms with E-state index in [0.29, 0.717) is 17.9 Å². The number of aryl methyl sites for hydroxylation is 1. The molecule has 0 spiro atoms. The number of amides is 3. The Balaban J connectivity index is 2.72. The van der Waals surface area contributed by atoms with Gasteiger partial charge in [-0.2, -0.15) is 0 Å². The molecule has 3 amide bonds. The summed E-state index contributed by atoms with van der Waals surface area (Å²) in [5, 5.41) is 8.15. The molecule has 1 aromatic rings. The van der Waals surface area contributed by atoms with Crippen LogP contribution < -0.4 is 16.0 Å². The molecule has 0 aliphatic rings. The first-order valence-electron chi connectivity index (χ1n) is 5.96. The molecule has 5 nitrogen and oxygen atoms in total. The highest BCUT2D eigenvalue weighted by Crippen LogP contribution is 2.20. The minimum Gasteiger partial charge on any atom is -0.338 e. The monoisotopic (exact) mass is 249 g/mol. The second-order valence-electron chi connectivity index (χ2n) is 4.09. The normalized spacial score (nSPS) is 9.72. The van der Waals surface area contributed by atoms with E-state index in [1.165, 1.54) is 6.92 Å². The van der Waals surface area contributed by atoms with Crippen molar-refractivity contribution < 1.29 is 9.59 Å². The Morgan fingerprint density at radius 3 is 2.56 bits per heavy atom. The van der Waals surface area contributed by atoms with Crippen molar-refractivity contribution in [3.05, 3.63) is 23.8 Å². The van der Waals surface area contributed by atoms with Gasteiger partial charge in [0.2, 0.25) is 5.91 Å². The molecule has 0 saturated carbocycles. The van der Waals surface area contributed by atoms with E-state index in [1.807, 2.05) is 19.9 Å². The van der Waals surface area contributed by atoms with Gasteiger partial charge >= 0.3 is 6.03 Å². The predicted octanol–water partition coefficient (Wildman–Crippen LogP) is 2.48. The molecule has 0 heterocycles. The van der Waals surface area contributed by atoms with Crippen molar-refractivity contribution in [1.29, 1.82) is 0 Å². The van der Waals surface area contributed by atoms with Gasteiger partial charge in [-0.15, -0.1) is 0 Å². The van der Waals surface area contributed by atoms with Crippen molar-refractivity contribution in [1.82, 2.24) is 5.32 Å². The lowest BCUT2D eigenvalue weighted by Gasteiger charge is -2.11. The van der Waals surface area contributed by atoms with Crippen LogP contribution in [-0.2, 0) is 4.79 Å². The van der Waals surface area contributed by atoms with Crippen LogP contribution in [-0.4, -0.2) is 18.5 Å². The van der Waals surface area contributed by atoms with Crippen molar-refractivity contribution in [2.75, 3.05) is 17.2 Å². The Morgan fingerprint density at radius 1 is 1.22 bits per heavy atom. The summed E-state index contributed by atoms with van der Waals surface area (Å²) in [6.07, 6.45) is 0.887. The summed E-state index contributed by atoms with van der Waals surface area (Å²) in [4.78, 5) is 22.5. The van der Waals surface area contributed by atoms with Crippen molar-refractivity contribution in [3.63, 3.8) is 0 Å². The second kappa shape index (κ2) is 6.64. The number of carbonyl (C=O) groups excluding carboxylic acids is 2. The van der Waals surface area contributed by atoms with Crippen LogP contribution in [0.3, 0.4) is 0 Å². The largest absolute Gasteiger partial charge is 0.338 e. The molecular weight excluding hydrogens is 230 g/mol. The molecule has 0 aromatic heterocycles. The Labute approximate surface area is 107 Å². The van der Waals surface area contributed by atoms with Gasteiger partial charge < -0.3 is 16.0 Å². The van der Waals surface area contributed by atoms with E-state index in [1.54, 1.807) is 12.1 Å². The number of urea groups is 1. The molecule has 0 bridgehead atoms. The zero-order valence-corrected chi connectivity index (χ0v) is 11.0. The molecule has 0 atom stereocenters. The van der Waals surface area contributed by atoms with Gasteiger partial charge in [0, 0.05) is 24.8 Å². The van der Waals surface area contributed by atoms with Gasteiger partial charge in [-0.25, -0.2) is 4.79 Å². The number of hydrogen-bond donors (Lipinski definition) is 3. The minimum absolute atomic E-state index is 0.134. The van der Waals surface area contributed by atoms with Gasteiger partial charge in [-0.3, -0.25) is 4.79 Å². The third kappa shape index (κ3) is 4.45. The Morgan fingerprint density at radius 2 is 1.94 bits per heavy atom.